The van der Waals surface area contributed by atoms with E-state index < -0.39 is 0 Å². The van der Waals surface area contributed by atoms with Crippen molar-refractivity contribution in [1.29, 1.82) is 5.41 Å². The van der Waals surface area contributed by atoms with Crippen LogP contribution in [0, 0.1) is 11.3 Å². The highest BCUT2D eigenvalue weighted by Gasteiger charge is 2.10. The van der Waals surface area contributed by atoms with Gasteiger partial charge < -0.3 is 10.6 Å². The first-order valence-electron chi connectivity index (χ1n) is 5.80. The van der Waals surface area contributed by atoms with E-state index in [4.69, 9.17) is 22.7 Å². The first-order valence-corrected chi connectivity index (χ1v) is 6.18. The highest BCUT2D eigenvalue weighted by Crippen LogP contribution is 2.26. The Morgan fingerprint density at radius 3 is 2.65 bits per heavy atom. The Bertz CT molecular complexity index is 404. The fourth-order valence-corrected chi connectivity index (χ4v) is 2.00. The third-order valence-electron chi connectivity index (χ3n) is 2.95. The smallest absolute Gasteiger partial charge is 0.122 e. The number of nitrogens with zero attached hydrogens (tertiary/aromatic N) is 1. The van der Waals surface area contributed by atoms with Crippen molar-refractivity contribution in [2.45, 2.75) is 20.3 Å². The summed E-state index contributed by atoms with van der Waals surface area (Å²) in [6.45, 7) is 5.36. The van der Waals surface area contributed by atoms with Crippen LogP contribution in [0.2, 0.25) is 5.02 Å². The molecule has 0 amide bonds. The van der Waals surface area contributed by atoms with E-state index in [0.29, 0.717) is 16.5 Å². The number of hydrogen-bond acceptors (Lipinski definition) is 2. The normalized spacial score (nSPS) is 12.2. The molecule has 17 heavy (non-hydrogen) atoms. The van der Waals surface area contributed by atoms with Gasteiger partial charge in [-0.25, -0.2) is 0 Å². The number of benzene rings is 1. The number of halogens is 1. The first-order chi connectivity index (χ1) is 7.95. The lowest BCUT2D eigenvalue weighted by molar-refractivity contribution is 0.560. The molecule has 0 aliphatic heterocycles. The Balaban J connectivity index is 2.88. The number of anilines is 1. The van der Waals surface area contributed by atoms with Crippen molar-refractivity contribution in [2.24, 2.45) is 11.7 Å². The van der Waals surface area contributed by atoms with Gasteiger partial charge in [-0.05, 0) is 24.1 Å². The molecule has 1 rings (SSSR count). The summed E-state index contributed by atoms with van der Waals surface area (Å²) in [5, 5.41) is 8.00. The molecule has 3 nitrogen and oxygen atoms in total. The number of nitrogens with two attached hydrogens (primary N) is 1. The minimum absolute atomic E-state index is 0.0445. The van der Waals surface area contributed by atoms with E-state index >= 15 is 0 Å². The minimum atomic E-state index is 0.0445. The van der Waals surface area contributed by atoms with Gasteiger partial charge in [-0.3, -0.25) is 5.41 Å². The fraction of sp³-hybridized carbons (Fsp3) is 0.462. The largest absolute Gasteiger partial charge is 0.384 e. The molecule has 1 aromatic rings. The Morgan fingerprint density at radius 1 is 1.53 bits per heavy atom. The lowest BCUT2D eigenvalue weighted by Gasteiger charge is -2.24. The maximum atomic E-state index is 7.36. The monoisotopic (exact) mass is 253 g/mol. The van der Waals surface area contributed by atoms with Gasteiger partial charge in [-0.1, -0.05) is 31.9 Å². The van der Waals surface area contributed by atoms with Crippen LogP contribution in [0.25, 0.3) is 0 Å². The van der Waals surface area contributed by atoms with Crippen molar-refractivity contribution in [3.8, 4) is 0 Å². The van der Waals surface area contributed by atoms with Crippen LogP contribution >= 0.6 is 11.6 Å². The van der Waals surface area contributed by atoms with E-state index in [0.717, 1.165) is 18.7 Å². The SMILES string of the molecule is CCC(C)CN(C)c1ccc(C(=N)N)cc1Cl. The molecule has 1 unspecified atom stereocenters. The third-order valence-corrected chi connectivity index (χ3v) is 3.26. The molecule has 1 atom stereocenters. The average molecular weight is 254 g/mol. The van der Waals surface area contributed by atoms with E-state index in [1.54, 1.807) is 6.07 Å². The Kier molecular flexibility index (Phi) is 4.82. The van der Waals surface area contributed by atoms with Crippen LogP contribution in [0.4, 0.5) is 5.69 Å². The van der Waals surface area contributed by atoms with Crippen molar-refractivity contribution in [3.63, 3.8) is 0 Å². The van der Waals surface area contributed by atoms with E-state index in [1.165, 1.54) is 0 Å². The van der Waals surface area contributed by atoms with Crippen LogP contribution < -0.4 is 10.6 Å². The molecular formula is C13H20ClN3. The van der Waals surface area contributed by atoms with E-state index in [1.807, 2.05) is 19.2 Å². The molecule has 0 saturated heterocycles. The van der Waals surface area contributed by atoms with Crippen molar-refractivity contribution in [1.82, 2.24) is 0 Å². The molecule has 0 radical (unpaired) electrons. The highest BCUT2D eigenvalue weighted by molar-refractivity contribution is 6.33. The van der Waals surface area contributed by atoms with Crippen LogP contribution in [0.5, 0.6) is 0 Å². The summed E-state index contributed by atoms with van der Waals surface area (Å²) in [5.74, 6) is 0.673. The molecular weight excluding hydrogens is 234 g/mol. The maximum absolute atomic E-state index is 7.36. The van der Waals surface area contributed by atoms with Gasteiger partial charge in [0.15, 0.2) is 0 Å². The summed E-state index contributed by atoms with van der Waals surface area (Å²) in [6, 6.07) is 5.49. The number of amidine groups is 1. The van der Waals surface area contributed by atoms with E-state index in [9.17, 15) is 0 Å². The van der Waals surface area contributed by atoms with Crippen molar-refractivity contribution in [2.75, 3.05) is 18.5 Å². The number of nitrogens with one attached hydrogen (secondary N) is 1. The summed E-state index contributed by atoms with van der Waals surface area (Å²) < 4.78 is 0. The second-order valence-electron chi connectivity index (χ2n) is 4.47. The molecule has 0 saturated carbocycles. The van der Waals surface area contributed by atoms with Crippen LogP contribution in [0.15, 0.2) is 18.2 Å². The lowest BCUT2D eigenvalue weighted by Crippen LogP contribution is -2.24. The topological polar surface area (TPSA) is 53.1 Å². The second-order valence-corrected chi connectivity index (χ2v) is 4.88. The van der Waals surface area contributed by atoms with E-state index in [2.05, 4.69) is 18.7 Å². The summed E-state index contributed by atoms with van der Waals surface area (Å²) in [4.78, 5) is 2.14. The van der Waals surface area contributed by atoms with E-state index in [-0.39, 0.29) is 5.84 Å². The minimum Gasteiger partial charge on any atom is -0.384 e. The van der Waals surface area contributed by atoms with Crippen LogP contribution in [0.3, 0.4) is 0 Å². The molecule has 0 fully saturated rings. The van der Waals surface area contributed by atoms with Crippen LogP contribution in [-0.4, -0.2) is 19.4 Å². The average Bonchev–Trinajstić information content (AvgIpc) is 2.28. The number of nitrogen functional groups attached to an aromatic ring is 1. The van der Waals surface area contributed by atoms with Gasteiger partial charge in [0, 0.05) is 19.2 Å². The van der Waals surface area contributed by atoms with Gasteiger partial charge >= 0.3 is 0 Å². The van der Waals surface area contributed by atoms with Crippen molar-refractivity contribution >= 4 is 23.1 Å². The fourth-order valence-electron chi connectivity index (χ4n) is 1.68. The van der Waals surface area contributed by atoms with Gasteiger partial charge in [0.2, 0.25) is 0 Å². The first kappa shape index (κ1) is 13.8. The zero-order chi connectivity index (χ0) is 13.0. The summed E-state index contributed by atoms with van der Waals surface area (Å²) in [6.07, 6.45) is 1.15. The molecule has 1 aromatic carbocycles. The summed E-state index contributed by atoms with van der Waals surface area (Å²) >= 11 is 6.20. The van der Waals surface area contributed by atoms with Gasteiger partial charge in [-0.2, -0.15) is 0 Å². The van der Waals surface area contributed by atoms with Crippen molar-refractivity contribution < 1.29 is 0 Å². The summed E-state index contributed by atoms with van der Waals surface area (Å²) in [5.41, 5.74) is 7.07. The molecule has 0 bridgehead atoms. The lowest BCUT2D eigenvalue weighted by atomic mass is 10.1. The standard InChI is InChI=1S/C13H20ClN3/c1-4-9(2)8-17(3)12-6-5-10(13(15)16)7-11(12)14/h5-7,9H,4,8H2,1-3H3,(H3,15,16). The zero-order valence-corrected chi connectivity index (χ0v) is 11.4. The van der Waals surface area contributed by atoms with Crippen LogP contribution in [0.1, 0.15) is 25.8 Å². The van der Waals surface area contributed by atoms with Crippen molar-refractivity contribution in [3.05, 3.63) is 28.8 Å². The number of hydrogen-bond donors (Lipinski definition) is 2. The Hall–Kier alpha value is -1.22. The maximum Gasteiger partial charge on any atom is 0.122 e. The zero-order valence-electron chi connectivity index (χ0n) is 10.6. The second kappa shape index (κ2) is 5.92. The molecule has 0 aliphatic carbocycles. The molecule has 0 spiro atoms. The molecule has 3 N–H and O–H groups in total. The predicted molar refractivity (Wildman–Crippen MR) is 75.2 cm³/mol. The summed E-state index contributed by atoms with van der Waals surface area (Å²) in [7, 11) is 2.03. The van der Waals surface area contributed by atoms with Gasteiger partial charge in [-0.15, -0.1) is 0 Å². The Morgan fingerprint density at radius 2 is 2.18 bits per heavy atom. The quantitative estimate of drug-likeness (QED) is 0.626. The molecule has 0 heterocycles. The number of rotatable bonds is 5. The highest BCUT2D eigenvalue weighted by atomic mass is 35.5. The van der Waals surface area contributed by atoms with Gasteiger partial charge in [0.25, 0.3) is 0 Å². The predicted octanol–water partition coefficient (Wildman–Crippen LogP) is 3.11. The van der Waals surface area contributed by atoms with Gasteiger partial charge in [0.05, 0.1) is 10.7 Å². The molecule has 4 heteroatoms. The van der Waals surface area contributed by atoms with Crippen LogP contribution in [-0.2, 0) is 0 Å². The molecule has 94 valence electrons. The third kappa shape index (κ3) is 3.63. The Labute approximate surface area is 108 Å². The molecule has 0 aromatic heterocycles. The van der Waals surface area contributed by atoms with Gasteiger partial charge in [0.1, 0.15) is 5.84 Å². The molecule has 0 aliphatic rings.